The molecule has 2 saturated carbocycles. The van der Waals surface area contributed by atoms with Crippen LogP contribution in [0.3, 0.4) is 0 Å². The number of hydrogen-bond acceptors (Lipinski definition) is 5. The van der Waals surface area contributed by atoms with Crippen molar-refractivity contribution in [3.8, 4) is 0 Å². The predicted molar refractivity (Wildman–Crippen MR) is 96.8 cm³/mol. The number of carbonyl (C=O) groups excluding carboxylic acids is 1. The molecule has 2 aliphatic carbocycles. The van der Waals surface area contributed by atoms with Crippen LogP contribution in [0, 0.1) is 5.41 Å². The highest BCUT2D eigenvalue weighted by Gasteiger charge is 2.45. The summed E-state index contributed by atoms with van der Waals surface area (Å²) in [7, 11) is 0. The molecule has 0 radical (unpaired) electrons. The number of hydrogen-bond donors (Lipinski definition) is 1. The third-order valence-corrected chi connectivity index (χ3v) is 6.30. The summed E-state index contributed by atoms with van der Waals surface area (Å²) in [4.78, 5) is 14.3. The Morgan fingerprint density at radius 1 is 1.12 bits per heavy atom. The Morgan fingerprint density at radius 2 is 1.88 bits per heavy atom. The van der Waals surface area contributed by atoms with Crippen molar-refractivity contribution in [2.24, 2.45) is 5.41 Å². The van der Waals surface area contributed by atoms with E-state index in [4.69, 9.17) is 4.42 Å². The molecule has 6 heteroatoms. The zero-order valence-corrected chi connectivity index (χ0v) is 14.9. The lowest BCUT2D eigenvalue weighted by Gasteiger charge is -2.32. The molecule has 1 amide bonds. The fourth-order valence-corrected chi connectivity index (χ4v) is 4.16. The van der Waals surface area contributed by atoms with E-state index >= 15 is 0 Å². The van der Waals surface area contributed by atoms with Gasteiger partial charge in [-0.2, -0.15) is 0 Å². The minimum atomic E-state index is 0.119. The van der Waals surface area contributed by atoms with Crippen LogP contribution in [0.4, 0.5) is 6.01 Å². The van der Waals surface area contributed by atoms with Gasteiger partial charge in [0.15, 0.2) is 0 Å². The second kappa shape index (κ2) is 6.11. The second-order valence-electron chi connectivity index (χ2n) is 8.04. The summed E-state index contributed by atoms with van der Waals surface area (Å²) < 4.78 is 5.74. The van der Waals surface area contributed by atoms with Crippen molar-refractivity contribution in [3.63, 3.8) is 0 Å². The molecule has 2 atom stereocenters. The first kappa shape index (κ1) is 15.9. The molecule has 136 valence electrons. The maximum Gasteiger partial charge on any atom is 0.315 e. The summed E-state index contributed by atoms with van der Waals surface area (Å²) in [5.41, 5.74) is 1.91. The van der Waals surface area contributed by atoms with Gasteiger partial charge in [0.25, 0.3) is 0 Å². The lowest BCUT2D eigenvalue weighted by atomic mass is 9.94. The normalized spacial score (nSPS) is 25.9. The van der Waals surface area contributed by atoms with E-state index in [9.17, 15) is 4.79 Å². The van der Waals surface area contributed by atoms with Crippen molar-refractivity contribution >= 4 is 11.9 Å². The van der Waals surface area contributed by atoms with Crippen LogP contribution < -0.4 is 5.32 Å². The Bertz CT molecular complexity index is 789. The lowest BCUT2D eigenvalue weighted by Crippen LogP contribution is -2.41. The van der Waals surface area contributed by atoms with Gasteiger partial charge < -0.3 is 14.6 Å². The molecule has 1 N–H and O–H groups in total. The highest BCUT2D eigenvalue weighted by Crippen LogP contribution is 2.54. The molecule has 1 unspecified atom stereocenters. The predicted octanol–water partition coefficient (Wildman–Crippen LogP) is 3.16. The van der Waals surface area contributed by atoms with Crippen LogP contribution in [0.15, 0.2) is 34.7 Å². The van der Waals surface area contributed by atoms with Crippen molar-refractivity contribution in [3.05, 3.63) is 41.8 Å². The van der Waals surface area contributed by atoms with Crippen LogP contribution in [0.2, 0.25) is 0 Å². The van der Waals surface area contributed by atoms with E-state index in [1.165, 1.54) is 18.4 Å². The second-order valence-corrected chi connectivity index (χ2v) is 8.04. The molecule has 0 bridgehead atoms. The van der Waals surface area contributed by atoms with Crippen molar-refractivity contribution in [1.82, 2.24) is 15.1 Å². The molecule has 1 aliphatic heterocycles. The van der Waals surface area contributed by atoms with Gasteiger partial charge in [0.2, 0.25) is 11.8 Å². The molecule has 2 heterocycles. The van der Waals surface area contributed by atoms with E-state index in [0.717, 1.165) is 32.4 Å². The summed E-state index contributed by atoms with van der Waals surface area (Å²) in [6, 6.07) is 10.8. The standard InChI is InChI=1S/C20H24N4O2/c25-17(24-10-8-20(6-7-20)9-11-24)13-21-19-23-22-18(26-19)16-12-15(16)14-4-2-1-3-5-14/h1-5,15-16H,6-13H2,(H,21,23)/t15?,16-/m0/s1. The molecule has 6 nitrogen and oxygen atoms in total. The average Bonchev–Trinajstić information content (AvgIpc) is 3.60. The number of nitrogens with one attached hydrogen (secondary N) is 1. The molecule has 3 aliphatic rings. The Kier molecular flexibility index (Phi) is 3.72. The van der Waals surface area contributed by atoms with Crippen molar-refractivity contribution in [2.45, 2.75) is 43.9 Å². The minimum Gasteiger partial charge on any atom is -0.408 e. The zero-order valence-electron chi connectivity index (χ0n) is 14.9. The van der Waals surface area contributed by atoms with Crippen molar-refractivity contribution < 1.29 is 9.21 Å². The summed E-state index contributed by atoms with van der Waals surface area (Å²) in [6.07, 6.45) is 6.06. The molecule has 1 spiro atoms. The van der Waals surface area contributed by atoms with E-state index < -0.39 is 0 Å². The number of aromatic nitrogens is 2. The van der Waals surface area contributed by atoms with Crippen molar-refractivity contribution in [1.29, 1.82) is 0 Å². The van der Waals surface area contributed by atoms with Gasteiger partial charge in [0.05, 0.1) is 6.54 Å². The van der Waals surface area contributed by atoms with Crippen LogP contribution in [0.1, 0.15) is 55.4 Å². The van der Waals surface area contributed by atoms with Crippen LogP contribution in [-0.4, -0.2) is 40.6 Å². The number of nitrogens with zero attached hydrogens (tertiary/aromatic N) is 3. The fourth-order valence-electron chi connectivity index (χ4n) is 4.16. The summed E-state index contributed by atoms with van der Waals surface area (Å²) in [5, 5.41) is 11.2. The highest BCUT2D eigenvalue weighted by atomic mass is 16.4. The van der Waals surface area contributed by atoms with Gasteiger partial charge in [-0.15, -0.1) is 5.10 Å². The van der Waals surface area contributed by atoms with Gasteiger partial charge >= 0.3 is 6.01 Å². The van der Waals surface area contributed by atoms with E-state index in [1.54, 1.807) is 0 Å². The summed E-state index contributed by atoms with van der Waals surface area (Å²) in [6.45, 7) is 1.99. The van der Waals surface area contributed by atoms with E-state index in [1.807, 2.05) is 11.0 Å². The zero-order chi connectivity index (χ0) is 17.6. The van der Waals surface area contributed by atoms with Gasteiger partial charge in [-0.25, -0.2) is 0 Å². The number of amides is 1. The molecule has 1 aromatic heterocycles. The maximum atomic E-state index is 12.4. The van der Waals surface area contributed by atoms with E-state index in [-0.39, 0.29) is 12.5 Å². The van der Waals surface area contributed by atoms with E-state index in [2.05, 4.69) is 39.8 Å². The SMILES string of the molecule is O=C(CNc1nnc([C@H]2CC2c2ccccc2)o1)N1CCC2(CC1)CC2. The smallest absolute Gasteiger partial charge is 0.315 e. The van der Waals surface area contributed by atoms with Crippen LogP contribution >= 0.6 is 0 Å². The van der Waals surface area contributed by atoms with Gasteiger partial charge in [0, 0.05) is 19.0 Å². The fraction of sp³-hybridized carbons (Fsp3) is 0.550. The molecule has 26 heavy (non-hydrogen) atoms. The van der Waals surface area contributed by atoms with E-state index in [0.29, 0.717) is 29.2 Å². The Hall–Kier alpha value is -2.37. The molecule has 5 rings (SSSR count). The average molecular weight is 352 g/mol. The molecular weight excluding hydrogens is 328 g/mol. The molecule has 1 saturated heterocycles. The van der Waals surface area contributed by atoms with Gasteiger partial charge in [-0.05, 0) is 49.0 Å². The number of piperidine rings is 1. The minimum absolute atomic E-state index is 0.119. The molecular formula is C20H24N4O2. The van der Waals surface area contributed by atoms with Crippen molar-refractivity contribution in [2.75, 3.05) is 25.0 Å². The Balaban J connectivity index is 1.13. The molecule has 3 fully saturated rings. The van der Waals surface area contributed by atoms with Gasteiger partial charge in [-0.1, -0.05) is 35.4 Å². The summed E-state index contributed by atoms with van der Waals surface area (Å²) >= 11 is 0. The Morgan fingerprint density at radius 3 is 2.62 bits per heavy atom. The summed E-state index contributed by atoms with van der Waals surface area (Å²) in [5.74, 6) is 1.55. The topological polar surface area (TPSA) is 71.3 Å². The van der Waals surface area contributed by atoms with Gasteiger partial charge in [0.1, 0.15) is 0 Å². The maximum absolute atomic E-state index is 12.4. The number of rotatable bonds is 5. The van der Waals surface area contributed by atoms with Crippen LogP contribution in [-0.2, 0) is 4.79 Å². The lowest BCUT2D eigenvalue weighted by molar-refractivity contribution is -0.130. The number of likely N-dealkylation sites (tertiary alicyclic amines) is 1. The molecule has 2 aromatic rings. The number of benzene rings is 1. The Labute approximate surface area is 153 Å². The first-order chi connectivity index (χ1) is 12.7. The monoisotopic (exact) mass is 352 g/mol. The number of carbonyl (C=O) groups is 1. The first-order valence-electron chi connectivity index (χ1n) is 9.62. The molecule has 1 aromatic carbocycles. The quantitative estimate of drug-likeness (QED) is 0.895. The highest BCUT2D eigenvalue weighted by molar-refractivity contribution is 5.80. The van der Waals surface area contributed by atoms with Crippen LogP contribution in [0.25, 0.3) is 0 Å². The number of anilines is 1. The first-order valence-corrected chi connectivity index (χ1v) is 9.62. The van der Waals surface area contributed by atoms with Crippen LogP contribution in [0.5, 0.6) is 0 Å². The van der Waals surface area contributed by atoms with Gasteiger partial charge in [-0.3, -0.25) is 4.79 Å². The largest absolute Gasteiger partial charge is 0.408 e. The third kappa shape index (κ3) is 3.08. The third-order valence-electron chi connectivity index (χ3n) is 6.30.